The second-order valence-corrected chi connectivity index (χ2v) is 3.79. The first kappa shape index (κ1) is 11.5. The van der Waals surface area contributed by atoms with E-state index in [4.69, 9.17) is 9.84 Å². The lowest BCUT2D eigenvalue weighted by molar-refractivity contribution is -0.137. The molecule has 0 aromatic heterocycles. The standard InChI is InChI=1S/C10H19NO3/c1-14-8-10(13)11-5-2-3-9(7-11)4-6-12/h9,12H,2-8H2,1H3. The number of aliphatic hydroxyl groups is 1. The Labute approximate surface area is 84.8 Å². The minimum atomic E-state index is 0.0649. The van der Waals surface area contributed by atoms with Crippen molar-refractivity contribution in [2.45, 2.75) is 19.3 Å². The summed E-state index contributed by atoms with van der Waals surface area (Å²) in [5.74, 6) is 0.532. The molecule has 0 aromatic rings. The van der Waals surface area contributed by atoms with Gasteiger partial charge in [-0.05, 0) is 25.2 Å². The van der Waals surface area contributed by atoms with Crippen LogP contribution in [0.5, 0.6) is 0 Å². The molecule has 4 nitrogen and oxygen atoms in total. The molecule has 1 aliphatic rings. The van der Waals surface area contributed by atoms with Crippen molar-refractivity contribution < 1.29 is 14.6 Å². The number of hydrogen-bond acceptors (Lipinski definition) is 3. The van der Waals surface area contributed by atoms with Gasteiger partial charge >= 0.3 is 0 Å². The molecular weight excluding hydrogens is 182 g/mol. The van der Waals surface area contributed by atoms with Gasteiger partial charge in [0.25, 0.3) is 0 Å². The molecule has 0 saturated carbocycles. The minimum Gasteiger partial charge on any atom is -0.396 e. The monoisotopic (exact) mass is 201 g/mol. The number of amides is 1. The van der Waals surface area contributed by atoms with Gasteiger partial charge in [-0.15, -0.1) is 0 Å². The van der Waals surface area contributed by atoms with Crippen LogP contribution in [0.4, 0.5) is 0 Å². The fourth-order valence-electron chi connectivity index (χ4n) is 1.92. The summed E-state index contributed by atoms with van der Waals surface area (Å²) in [6.45, 7) is 2.01. The van der Waals surface area contributed by atoms with E-state index in [9.17, 15) is 4.79 Å². The smallest absolute Gasteiger partial charge is 0.248 e. The number of carbonyl (C=O) groups is 1. The van der Waals surface area contributed by atoms with Gasteiger partial charge in [-0.2, -0.15) is 0 Å². The molecule has 1 aliphatic heterocycles. The van der Waals surface area contributed by atoms with Crippen LogP contribution < -0.4 is 0 Å². The van der Waals surface area contributed by atoms with Gasteiger partial charge in [0.2, 0.25) is 5.91 Å². The molecular formula is C10H19NO3. The molecule has 1 unspecified atom stereocenters. The van der Waals surface area contributed by atoms with Crippen LogP contribution in [-0.4, -0.2) is 49.3 Å². The number of nitrogens with zero attached hydrogens (tertiary/aromatic N) is 1. The average molecular weight is 201 g/mol. The fourth-order valence-corrected chi connectivity index (χ4v) is 1.92. The van der Waals surface area contributed by atoms with E-state index in [0.717, 1.165) is 32.4 Å². The number of carbonyl (C=O) groups excluding carboxylic acids is 1. The highest BCUT2D eigenvalue weighted by Gasteiger charge is 2.22. The van der Waals surface area contributed by atoms with Gasteiger partial charge in [0.1, 0.15) is 6.61 Å². The summed E-state index contributed by atoms with van der Waals surface area (Å²) in [4.78, 5) is 13.3. The third-order valence-corrected chi connectivity index (χ3v) is 2.68. The lowest BCUT2D eigenvalue weighted by Crippen LogP contribution is -2.41. The topological polar surface area (TPSA) is 49.8 Å². The van der Waals surface area contributed by atoms with E-state index >= 15 is 0 Å². The highest BCUT2D eigenvalue weighted by atomic mass is 16.5. The van der Waals surface area contributed by atoms with E-state index < -0.39 is 0 Å². The molecule has 1 atom stereocenters. The zero-order valence-corrected chi connectivity index (χ0v) is 8.74. The fraction of sp³-hybridized carbons (Fsp3) is 0.900. The molecule has 1 rings (SSSR count). The van der Waals surface area contributed by atoms with Crippen molar-refractivity contribution in [2.75, 3.05) is 33.4 Å². The molecule has 4 heteroatoms. The van der Waals surface area contributed by atoms with E-state index in [0.29, 0.717) is 5.92 Å². The van der Waals surface area contributed by atoms with Crippen molar-refractivity contribution in [1.82, 2.24) is 4.90 Å². The third-order valence-electron chi connectivity index (χ3n) is 2.68. The molecule has 1 saturated heterocycles. The first-order valence-electron chi connectivity index (χ1n) is 5.15. The number of ether oxygens (including phenoxy) is 1. The zero-order chi connectivity index (χ0) is 10.4. The molecule has 0 bridgehead atoms. The molecule has 1 fully saturated rings. The molecule has 0 radical (unpaired) electrons. The van der Waals surface area contributed by atoms with Gasteiger partial charge in [-0.25, -0.2) is 0 Å². The van der Waals surface area contributed by atoms with Gasteiger partial charge < -0.3 is 14.7 Å². The normalized spacial score (nSPS) is 22.4. The SMILES string of the molecule is COCC(=O)N1CCCC(CCO)C1. The van der Waals surface area contributed by atoms with Crippen LogP contribution in [-0.2, 0) is 9.53 Å². The summed E-state index contributed by atoms with van der Waals surface area (Å²) in [7, 11) is 1.53. The Balaban J connectivity index is 2.35. The molecule has 0 spiro atoms. The van der Waals surface area contributed by atoms with Crippen LogP contribution in [0.2, 0.25) is 0 Å². The minimum absolute atomic E-state index is 0.0649. The van der Waals surface area contributed by atoms with Gasteiger partial charge in [0.15, 0.2) is 0 Å². The predicted octanol–water partition coefficient (Wildman–Crippen LogP) is 0.254. The summed E-state index contributed by atoms with van der Waals surface area (Å²) in [5, 5.41) is 8.82. The van der Waals surface area contributed by atoms with Crippen LogP contribution >= 0.6 is 0 Å². The number of rotatable bonds is 4. The summed E-state index contributed by atoms with van der Waals surface area (Å²) in [6.07, 6.45) is 2.97. The zero-order valence-electron chi connectivity index (χ0n) is 8.74. The molecule has 1 heterocycles. The van der Waals surface area contributed by atoms with E-state index in [1.54, 1.807) is 0 Å². The Morgan fingerprint density at radius 2 is 2.43 bits per heavy atom. The summed E-state index contributed by atoms with van der Waals surface area (Å²) in [5.41, 5.74) is 0. The van der Waals surface area contributed by atoms with Crippen molar-refractivity contribution in [3.8, 4) is 0 Å². The molecule has 0 aliphatic carbocycles. The predicted molar refractivity (Wildman–Crippen MR) is 52.9 cm³/mol. The molecule has 0 aromatic carbocycles. The van der Waals surface area contributed by atoms with Gasteiger partial charge in [0.05, 0.1) is 0 Å². The summed E-state index contributed by atoms with van der Waals surface area (Å²) >= 11 is 0. The Kier molecular flexibility index (Phi) is 4.90. The summed E-state index contributed by atoms with van der Waals surface area (Å²) in [6, 6.07) is 0. The van der Waals surface area contributed by atoms with Crippen LogP contribution in [0.25, 0.3) is 0 Å². The highest BCUT2D eigenvalue weighted by Crippen LogP contribution is 2.19. The number of methoxy groups -OCH3 is 1. The van der Waals surface area contributed by atoms with Crippen molar-refractivity contribution >= 4 is 5.91 Å². The number of piperidine rings is 1. The number of hydrogen-bond donors (Lipinski definition) is 1. The Morgan fingerprint density at radius 1 is 1.64 bits per heavy atom. The van der Waals surface area contributed by atoms with Crippen molar-refractivity contribution in [2.24, 2.45) is 5.92 Å². The van der Waals surface area contributed by atoms with Crippen LogP contribution in [0.3, 0.4) is 0 Å². The van der Waals surface area contributed by atoms with E-state index in [-0.39, 0.29) is 19.1 Å². The second-order valence-electron chi connectivity index (χ2n) is 3.79. The van der Waals surface area contributed by atoms with E-state index in [2.05, 4.69) is 0 Å². The maximum Gasteiger partial charge on any atom is 0.248 e. The molecule has 14 heavy (non-hydrogen) atoms. The van der Waals surface area contributed by atoms with E-state index in [1.807, 2.05) is 4.90 Å². The maximum atomic E-state index is 11.5. The first-order chi connectivity index (χ1) is 6.77. The summed E-state index contributed by atoms with van der Waals surface area (Å²) < 4.78 is 4.81. The first-order valence-corrected chi connectivity index (χ1v) is 5.15. The highest BCUT2D eigenvalue weighted by molar-refractivity contribution is 5.77. The van der Waals surface area contributed by atoms with Crippen molar-refractivity contribution in [1.29, 1.82) is 0 Å². The lowest BCUT2D eigenvalue weighted by atomic mass is 9.95. The number of likely N-dealkylation sites (tertiary alicyclic amines) is 1. The van der Waals surface area contributed by atoms with Crippen LogP contribution in [0.15, 0.2) is 0 Å². The molecule has 82 valence electrons. The van der Waals surface area contributed by atoms with Gasteiger partial charge in [-0.3, -0.25) is 4.79 Å². The van der Waals surface area contributed by atoms with Crippen molar-refractivity contribution in [3.05, 3.63) is 0 Å². The lowest BCUT2D eigenvalue weighted by Gasteiger charge is -2.32. The quantitative estimate of drug-likeness (QED) is 0.709. The van der Waals surface area contributed by atoms with Gasteiger partial charge in [-0.1, -0.05) is 0 Å². The Morgan fingerprint density at radius 3 is 3.07 bits per heavy atom. The largest absolute Gasteiger partial charge is 0.396 e. The van der Waals surface area contributed by atoms with Crippen LogP contribution in [0.1, 0.15) is 19.3 Å². The average Bonchev–Trinajstić information content (AvgIpc) is 2.19. The number of aliphatic hydroxyl groups excluding tert-OH is 1. The third kappa shape index (κ3) is 3.27. The van der Waals surface area contributed by atoms with Crippen molar-refractivity contribution in [3.63, 3.8) is 0 Å². The molecule has 1 N–H and O–H groups in total. The Hall–Kier alpha value is -0.610. The van der Waals surface area contributed by atoms with E-state index in [1.165, 1.54) is 7.11 Å². The maximum absolute atomic E-state index is 11.5. The van der Waals surface area contributed by atoms with Gasteiger partial charge in [0, 0.05) is 26.8 Å². The van der Waals surface area contributed by atoms with Crippen LogP contribution in [0, 0.1) is 5.92 Å². The second kappa shape index (κ2) is 5.98. The molecule has 1 amide bonds. The Bertz CT molecular complexity index is 182.